The predicted molar refractivity (Wildman–Crippen MR) is 114 cm³/mol. The summed E-state index contributed by atoms with van der Waals surface area (Å²) in [6.07, 6.45) is 1.78. The SMILES string of the molecule is CC(C)C(CO)Nc1nc(NCc2cccc(Cl)c2)c2ncn(C(C)C)c2n1. The van der Waals surface area contributed by atoms with Gasteiger partial charge in [0.1, 0.15) is 0 Å². The minimum atomic E-state index is -0.131. The van der Waals surface area contributed by atoms with Gasteiger partial charge in [0, 0.05) is 17.6 Å². The molecular formula is C20H27ClN6O. The highest BCUT2D eigenvalue weighted by molar-refractivity contribution is 6.30. The Kier molecular flexibility index (Phi) is 6.36. The molecule has 7 nitrogen and oxygen atoms in total. The average molecular weight is 403 g/mol. The lowest BCUT2D eigenvalue weighted by Crippen LogP contribution is -2.30. The number of fused-ring (bicyclic) bond motifs is 1. The van der Waals surface area contributed by atoms with Crippen LogP contribution in [0.3, 0.4) is 0 Å². The molecule has 150 valence electrons. The third-order valence-corrected chi connectivity index (χ3v) is 4.88. The number of nitrogens with one attached hydrogen (secondary N) is 2. The number of anilines is 2. The number of rotatable bonds is 8. The van der Waals surface area contributed by atoms with E-state index in [1.807, 2.05) is 42.7 Å². The minimum Gasteiger partial charge on any atom is -0.394 e. The topological polar surface area (TPSA) is 87.9 Å². The van der Waals surface area contributed by atoms with Crippen LogP contribution in [0.25, 0.3) is 11.2 Å². The zero-order chi connectivity index (χ0) is 20.3. The summed E-state index contributed by atoms with van der Waals surface area (Å²) in [5.41, 5.74) is 2.51. The number of nitrogens with zero attached hydrogens (tertiary/aromatic N) is 4. The molecule has 0 aliphatic heterocycles. The van der Waals surface area contributed by atoms with Crippen LogP contribution in [0.2, 0.25) is 5.02 Å². The molecule has 8 heteroatoms. The van der Waals surface area contributed by atoms with Gasteiger partial charge in [-0.1, -0.05) is 37.6 Å². The molecule has 28 heavy (non-hydrogen) atoms. The second-order valence-corrected chi connectivity index (χ2v) is 7.91. The third-order valence-electron chi connectivity index (χ3n) is 4.64. The van der Waals surface area contributed by atoms with Crippen LogP contribution in [-0.4, -0.2) is 37.3 Å². The standard InChI is InChI=1S/C20H27ClN6O/c1-12(2)16(10-28)24-20-25-18(22-9-14-6-5-7-15(21)8-14)17-19(26-20)27(11-23-17)13(3)4/h5-8,11-13,16,28H,9-10H2,1-4H3,(H2,22,24,25,26). The molecule has 0 fully saturated rings. The van der Waals surface area contributed by atoms with Gasteiger partial charge in [0.15, 0.2) is 17.0 Å². The number of hydrogen-bond donors (Lipinski definition) is 3. The zero-order valence-corrected chi connectivity index (χ0v) is 17.4. The smallest absolute Gasteiger partial charge is 0.227 e. The van der Waals surface area contributed by atoms with Crippen LogP contribution in [0.15, 0.2) is 30.6 Å². The molecule has 3 N–H and O–H groups in total. The molecule has 1 atom stereocenters. The van der Waals surface area contributed by atoms with Gasteiger partial charge >= 0.3 is 0 Å². The Morgan fingerprint density at radius 2 is 1.96 bits per heavy atom. The van der Waals surface area contributed by atoms with E-state index in [0.717, 1.165) is 11.2 Å². The molecule has 0 saturated carbocycles. The van der Waals surface area contributed by atoms with Crippen LogP contribution >= 0.6 is 11.6 Å². The number of imidazole rings is 1. The fourth-order valence-corrected chi connectivity index (χ4v) is 3.12. The van der Waals surface area contributed by atoms with E-state index in [4.69, 9.17) is 11.6 Å². The van der Waals surface area contributed by atoms with Gasteiger partial charge in [-0.2, -0.15) is 9.97 Å². The Hall–Kier alpha value is -2.38. The van der Waals surface area contributed by atoms with Crippen molar-refractivity contribution in [2.24, 2.45) is 5.92 Å². The van der Waals surface area contributed by atoms with Crippen molar-refractivity contribution < 1.29 is 5.11 Å². The summed E-state index contributed by atoms with van der Waals surface area (Å²) in [6, 6.07) is 7.77. The largest absolute Gasteiger partial charge is 0.394 e. The van der Waals surface area contributed by atoms with Crippen molar-refractivity contribution in [1.82, 2.24) is 19.5 Å². The van der Waals surface area contributed by atoms with Gasteiger partial charge in [-0.25, -0.2) is 4.98 Å². The summed E-state index contributed by atoms with van der Waals surface area (Å²) in [4.78, 5) is 13.8. The monoisotopic (exact) mass is 402 g/mol. The molecule has 3 aromatic rings. The lowest BCUT2D eigenvalue weighted by molar-refractivity contribution is 0.248. The fourth-order valence-electron chi connectivity index (χ4n) is 2.90. The van der Waals surface area contributed by atoms with E-state index in [-0.39, 0.29) is 24.6 Å². The Morgan fingerprint density at radius 1 is 1.18 bits per heavy atom. The third kappa shape index (κ3) is 4.54. The second kappa shape index (κ2) is 8.75. The van der Waals surface area contributed by atoms with Gasteiger partial charge in [0.25, 0.3) is 0 Å². The first kappa shape index (κ1) is 20.4. The Labute approximate surface area is 170 Å². The van der Waals surface area contributed by atoms with Crippen LogP contribution in [-0.2, 0) is 6.54 Å². The van der Waals surface area contributed by atoms with E-state index >= 15 is 0 Å². The molecule has 3 rings (SSSR count). The van der Waals surface area contributed by atoms with E-state index in [0.29, 0.717) is 28.9 Å². The van der Waals surface area contributed by atoms with Gasteiger partial charge in [0.05, 0.1) is 19.0 Å². The molecule has 0 spiro atoms. The quantitative estimate of drug-likeness (QED) is 0.525. The molecule has 1 aromatic carbocycles. The van der Waals surface area contributed by atoms with E-state index in [9.17, 15) is 5.11 Å². The second-order valence-electron chi connectivity index (χ2n) is 7.47. The molecule has 0 amide bonds. The summed E-state index contributed by atoms with van der Waals surface area (Å²) >= 11 is 6.09. The van der Waals surface area contributed by atoms with E-state index < -0.39 is 0 Å². The molecule has 2 heterocycles. The van der Waals surface area contributed by atoms with Crippen molar-refractivity contribution in [3.8, 4) is 0 Å². The predicted octanol–water partition coefficient (Wildman–Crippen LogP) is 4.10. The summed E-state index contributed by atoms with van der Waals surface area (Å²) in [5, 5.41) is 17.0. The van der Waals surface area contributed by atoms with Crippen molar-refractivity contribution >= 4 is 34.5 Å². The van der Waals surface area contributed by atoms with Gasteiger partial charge in [0.2, 0.25) is 5.95 Å². The highest BCUT2D eigenvalue weighted by Crippen LogP contribution is 2.25. The lowest BCUT2D eigenvalue weighted by atomic mass is 10.1. The summed E-state index contributed by atoms with van der Waals surface area (Å²) in [5.74, 6) is 1.35. The first-order valence-electron chi connectivity index (χ1n) is 9.49. The van der Waals surface area contributed by atoms with Gasteiger partial charge < -0.3 is 20.3 Å². The summed E-state index contributed by atoms with van der Waals surface area (Å²) in [6.45, 7) is 8.83. The van der Waals surface area contributed by atoms with Crippen LogP contribution < -0.4 is 10.6 Å². The van der Waals surface area contributed by atoms with E-state index in [2.05, 4.69) is 39.4 Å². The van der Waals surface area contributed by atoms with Crippen molar-refractivity contribution in [1.29, 1.82) is 0 Å². The summed E-state index contributed by atoms with van der Waals surface area (Å²) < 4.78 is 2.01. The van der Waals surface area contributed by atoms with E-state index in [1.54, 1.807) is 6.33 Å². The number of aliphatic hydroxyl groups is 1. The molecule has 1 unspecified atom stereocenters. The van der Waals surface area contributed by atoms with Crippen molar-refractivity contribution in [2.45, 2.75) is 46.3 Å². The van der Waals surface area contributed by atoms with Crippen molar-refractivity contribution in [3.63, 3.8) is 0 Å². The van der Waals surface area contributed by atoms with Crippen LogP contribution in [0, 0.1) is 5.92 Å². The van der Waals surface area contributed by atoms with Crippen LogP contribution in [0.1, 0.15) is 39.3 Å². The van der Waals surface area contributed by atoms with E-state index in [1.165, 1.54) is 0 Å². The maximum Gasteiger partial charge on any atom is 0.227 e. The number of benzene rings is 1. The number of hydrogen-bond acceptors (Lipinski definition) is 6. The maximum absolute atomic E-state index is 9.66. The molecule has 0 aliphatic rings. The first-order chi connectivity index (χ1) is 13.4. The van der Waals surface area contributed by atoms with Gasteiger partial charge in [-0.15, -0.1) is 0 Å². The first-order valence-corrected chi connectivity index (χ1v) is 9.87. The highest BCUT2D eigenvalue weighted by Gasteiger charge is 2.18. The minimum absolute atomic E-state index is 0.00772. The van der Waals surface area contributed by atoms with Crippen molar-refractivity contribution in [2.75, 3.05) is 17.2 Å². The summed E-state index contributed by atoms with van der Waals surface area (Å²) in [7, 11) is 0. The molecule has 0 bridgehead atoms. The molecule has 0 aliphatic carbocycles. The normalized spacial score (nSPS) is 12.7. The van der Waals surface area contributed by atoms with Gasteiger partial charge in [-0.3, -0.25) is 0 Å². The van der Waals surface area contributed by atoms with Crippen LogP contribution in [0.5, 0.6) is 0 Å². The Bertz CT molecular complexity index is 940. The van der Waals surface area contributed by atoms with Crippen LogP contribution in [0.4, 0.5) is 11.8 Å². The maximum atomic E-state index is 9.66. The highest BCUT2D eigenvalue weighted by atomic mass is 35.5. The number of aromatic nitrogens is 4. The van der Waals surface area contributed by atoms with Gasteiger partial charge in [-0.05, 0) is 37.5 Å². The van der Waals surface area contributed by atoms with Crippen molar-refractivity contribution in [3.05, 3.63) is 41.2 Å². The lowest BCUT2D eigenvalue weighted by Gasteiger charge is -2.20. The zero-order valence-electron chi connectivity index (χ0n) is 16.6. The molecular weight excluding hydrogens is 376 g/mol. The molecule has 0 radical (unpaired) electrons. The number of halogens is 1. The molecule has 0 saturated heterocycles. The number of aliphatic hydroxyl groups excluding tert-OH is 1. The average Bonchev–Trinajstić information content (AvgIpc) is 3.08. The Balaban J connectivity index is 1.96. The fraction of sp³-hybridized carbons (Fsp3) is 0.450. The Morgan fingerprint density at radius 3 is 2.61 bits per heavy atom. The molecule has 2 aromatic heterocycles.